The number of nitrogens with zero attached hydrogens (tertiary/aromatic N) is 1. The molecule has 0 N–H and O–H groups in total. The molecule has 0 saturated heterocycles. The minimum Gasteiger partial charge on any atom is -0.273 e. The lowest BCUT2D eigenvalue weighted by atomic mass is 10.1. The first kappa shape index (κ1) is 14.0. The van der Waals surface area contributed by atoms with Crippen LogP contribution in [0.3, 0.4) is 0 Å². The lowest BCUT2D eigenvalue weighted by molar-refractivity contribution is 0.0654. The van der Waals surface area contributed by atoms with E-state index in [1.54, 1.807) is 31.2 Å². The van der Waals surface area contributed by atoms with Crippen molar-refractivity contribution >= 4 is 31.5 Å². The molecule has 5 nitrogen and oxygen atoms in total. The molecule has 0 saturated carbocycles. The van der Waals surface area contributed by atoms with Crippen molar-refractivity contribution in [3.8, 4) is 0 Å². The Labute approximate surface area is 115 Å². The van der Waals surface area contributed by atoms with Gasteiger partial charge in [0, 0.05) is 17.2 Å². The summed E-state index contributed by atoms with van der Waals surface area (Å²) in [6.07, 6.45) is 0.235. The molecule has 102 valence electrons. The summed E-state index contributed by atoms with van der Waals surface area (Å²) >= 11 is 0. The van der Waals surface area contributed by atoms with E-state index in [-0.39, 0.29) is 13.0 Å². The molecule has 0 aliphatic carbocycles. The standard InChI is InChI=1S/C12H12ClNO4S/c1-2-8(19(13,17)18)7-14-11(15)9-5-3-4-6-10(9)12(14)16/h3-6,8H,2,7H2,1H3. The van der Waals surface area contributed by atoms with Crippen LogP contribution in [0.25, 0.3) is 0 Å². The summed E-state index contributed by atoms with van der Waals surface area (Å²) in [5, 5.41) is -0.948. The van der Waals surface area contributed by atoms with Crippen molar-refractivity contribution in [3.63, 3.8) is 0 Å². The number of amides is 2. The van der Waals surface area contributed by atoms with Gasteiger partial charge < -0.3 is 0 Å². The fourth-order valence-corrected chi connectivity index (χ4v) is 3.30. The van der Waals surface area contributed by atoms with E-state index in [1.165, 1.54) is 0 Å². The zero-order valence-corrected chi connectivity index (χ0v) is 11.7. The minimum atomic E-state index is -3.81. The van der Waals surface area contributed by atoms with Crippen molar-refractivity contribution in [2.75, 3.05) is 6.54 Å². The van der Waals surface area contributed by atoms with Gasteiger partial charge in [0.05, 0.1) is 16.4 Å². The Hall–Kier alpha value is -1.40. The quantitative estimate of drug-likeness (QED) is 0.626. The first-order valence-electron chi connectivity index (χ1n) is 5.75. The smallest absolute Gasteiger partial charge is 0.261 e. The molecule has 0 bridgehead atoms. The first-order valence-corrected chi connectivity index (χ1v) is 8.12. The summed E-state index contributed by atoms with van der Waals surface area (Å²) in [5.41, 5.74) is 0.601. The van der Waals surface area contributed by atoms with Gasteiger partial charge in [0.15, 0.2) is 0 Å². The van der Waals surface area contributed by atoms with Crippen LogP contribution in [0.5, 0.6) is 0 Å². The van der Waals surface area contributed by atoms with Crippen LogP contribution in [0.4, 0.5) is 0 Å². The lowest BCUT2D eigenvalue weighted by Crippen LogP contribution is -2.38. The van der Waals surface area contributed by atoms with Crippen LogP contribution in [0.1, 0.15) is 34.1 Å². The number of hydrogen-bond donors (Lipinski definition) is 0. The van der Waals surface area contributed by atoms with Crippen LogP contribution in [-0.4, -0.2) is 36.9 Å². The Morgan fingerprint density at radius 1 is 1.16 bits per heavy atom. The molecular weight excluding hydrogens is 290 g/mol. The normalized spacial score (nSPS) is 16.6. The van der Waals surface area contributed by atoms with E-state index >= 15 is 0 Å². The second-order valence-electron chi connectivity index (χ2n) is 4.27. The van der Waals surface area contributed by atoms with Crippen LogP contribution in [0.15, 0.2) is 24.3 Å². The summed E-state index contributed by atoms with van der Waals surface area (Å²) in [5.74, 6) is -0.946. The third kappa shape index (κ3) is 2.50. The monoisotopic (exact) mass is 301 g/mol. The number of benzene rings is 1. The van der Waals surface area contributed by atoms with Crippen LogP contribution < -0.4 is 0 Å². The number of halogens is 1. The van der Waals surface area contributed by atoms with E-state index in [2.05, 4.69) is 0 Å². The molecule has 0 fully saturated rings. The second kappa shape index (κ2) is 4.94. The third-order valence-electron chi connectivity index (χ3n) is 3.12. The summed E-state index contributed by atoms with van der Waals surface area (Å²) in [6.45, 7) is 1.43. The number of carbonyl (C=O) groups is 2. The maximum absolute atomic E-state index is 12.1. The molecule has 1 aliphatic heterocycles. The molecule has 2 amide bonds. The molecule has 1 heterocycles. The summed E-state index contributed by atoms with van der Waals surface area (Å²) in [6, 6.07) is 6.41. The molecule has 1 atom stereocenters. The van der Waals surface area contributed by atoms with Gasteiger partial charge in [-0.1, -0.05) is 19.1 Å². The van der Waals surface area contributed by atoms with Gasteiger partial charge in [-0.05, 0) is 18.6 Å². The molecule has 19 heavy (non-hydrogen) atoms. The molecule has 1 aromatic carbocycles. The zero-order valence-electron chi connectivity index (χ0n) is 10.2. The fraction of sp³-hybridized carbons (Fsp3) is 0.333. The maximum Gasteiger partial charge on any atom is 0.261 e. The van der Waals surface area contributed by atoms with Crippen molar-refractivity contribution < 1.29 is 18.0 Å². The maximum atomic E-state index is 12.1. The van der Waals surface area contributed by atoms with E-state index in [0.717, 1.165) is 4.90 Å². The highest BCUT2D eigenvalue weighted by Crippen LogP contribution is 2.24. The van der Waals surface area contributed by atoms with Crippen molar-refractivity contribution in [2.45, 2.75) is 18.6 Å². The largest absolute Gasteiger partial charge is 0.273 e. The van der Waals surface area contributed by atoms with Crippen molar-refractivity contribution in [1.82, 2.24) is 4.90 Å². The second-order valence-corrected chi connectivity index (χ2v) is 7.18. The molecule has 0 aromatic heterocycles. The van der Waals surface area contributed by atoms with Gasteiger partial charge in [0.1, 0.15) is 0 Å². The lowest BCUT2D eigenvalue weighted by Gasteiger charge is -2.18. The van der Waals surface area contributed by atoms with Crippen LogP contribution >= 0.6 is 10.7 Å². The number of imide groups is 1. The van der Waals surface area contributed by atoms with Crippen molar-refractivity contribution in [3.05, 3.63) is 35.4 Å². The SMILES string of the molecule is CCC(CN1C(=O)c2ccccc2C1=O)S(=O)(=O)Cl. The van der Waals surface area contributed by atoms with E-state index in [9.17, 15) is 18.0 Å². The summed E-state index contributed by atoms with van der Waals surface area (Å²) in [7, 11) is 1.50. The molecule has 7 heteroatoms. The average molecular weight is 302 g/mol. The van der Waals surface area contributed by atoms with E-state index in [0.29, 0.717) is 11.1 Å². The molecule has 1 unspecified atom stereocenters. The molecular formula is C12H12ClNO4S. The highest BCUT2D eigenvalue weighted by Gasteiger charge is 2.38. The Balaban J connectivity index is 2.30. The zero-order chi connectivity index (χ0) is 14.2. The molecule has 1 aliphatic rings. The van der Waals surface area contributed by atoms with Gasteiger partial charge in [-0.3, -0.25) is 14.5 Å². The molecule has 2 rings (SSSR count). The van der Waals surface area contributed by atoms with E-state index < -0.39 is 26.1 Å². The topological polar surface area (TPSA) is 71.5 Å². The predicted molar refractivity (Wildman–Crippen MR) is 70.7 cm³/mol. The van der Waals surface area contributed by atoms with Crippen molar-refractivity contribution in [2.24, 2.45) is 0 Å². The highest BCUT2D eigenvalue weighted by atomic mass is 35.7. The number of carbonyl (C=O) groups excluding carboxylic acids is 2. The van der Waals surface area contributed by atoms with E-state index in [1.807, 2.05) is 0 Å². The predicted octanol–water partition coefficient (Wildman–Crippen LogP) is 1.63. The Morgan fingerprint density at radius 2 is 1.63 bits per heavy atom. The third-order valence-corrected chi connectivity index (χ3v) is 5.15. The average Bonchev–Trinajstić information content (AvgIpc) is 2.59. The Morgan fingerprint density at radius 3 is 2.00 bits per heavy atom. The van der Waals surface area contributed by atoms with E-state index in [4.69, 9.17) is 10.7 Å². The Kier molecular flexibility index (Phi) is 3.64. The van der Waals surface area contributed by atoms with Gasteiger partial charge in [0.2, 0.25) is 9.05 Å². The van der Waals surface area contributed by atoms with Crippen LogP contribution in [0.2, 0.25) is 0 Å². The molecule has 0 spiro atoms. The first-order chi connectivity index (χ1) is 8.86. The highest BCUT2D eigenvalue weighted by molar-refractivity contribution is 8.14. The number of rotatable bonds is 4. The van der Waals surface area contributed by atoms with Crippen molar-refractivity contribution in [1.29, 1.82) is 0 Å². The van der Waals surface area contributed by atoms with Crippen LogP contribution in [-0.2, 0) is 9.05 Å². The minimum absolute atomic E-state index is 0.214. The molecule has 0 radical (unpaired) electrons. The van der Waals surface area contributed by atoms with Gasteiger partial charge in [-0.25, -0.2) is 8.42 Å². The van der Waals surface area contributed by atoms with Gasteiger partial charge in [-0.2, -0.15) is 0 Å². The van der Waals surface area contributed by atoms with Crippen LogP contribution in [0, 0.1) is 0 Å². The number of hydrogen-bond acceptors (Lipinski definition) is 4. The summed E-state index contributed by atoms with van der Waals surface area (Å²) < 4.78 is 22.7. The Bertz CT molecular complexity index is 606. The summed E-state index contributed by atoms with van der Waals surface area (Å²) in [4.78, 5) is 25.0. The van der Waals surface area contributed by atoms with Gasteiger partial charge >= 0.3 is 0 Å². The fourth-order valence-electron chi connectivity index (χ4n) is 2.03. The van der Waals surface area contributed by atoms with Gasteiger partial charge in [0.25, 0.3) is 11.8 Å². The molecule has 1 aromatic rings. The van der Waals surface area contributed by atoms with Gasteiger partial charge in [-0.15, -0.1) is 0 Å². The number of fused-ring (bicyclic) bond motifs is 1.